The van der Waals surface area contributed by atoms with Crippen molar-refractivity contribution in [3.8, 4) is 0 Å². The Balaban J connectivity index is 1.75. The van der Waals surface area contributed by atoms with Gasteiger partial charge in [-0.1, -0.05) is 30.3 Å². The molecule has 3 rings (SSSR count). The van der Waals surface area contributed by atoms with Crippen LogP contribution in [-0.4, -0.2) is 22.6 Å². The van der Waals surface area contributed by atoms with Gasteiger partial charge in [-0.05, 0) is 27.9 Å². The van der Waals surface area contributed by atoms with Gasteiger partial charge in [-0.3, -0.25) is 0 Å². The number of rotatable bonds is 3. The van der Waals surface area contributed by atoms with Crippen molar-refractivity contribution < 1.29 is 4.74 Å². The first kappa shape index (κ1) is 12.6. The molecule has 1 aromatic heterocycles. The van der Waals surface area contributed by atoms with Crippen molar-refractivity contribution in [3.05, 3.63) is 52.8 Å². The van der Waals surface area contributed by atoms with Gasteiger partial charge in [-0.25, -0.2) is 9.97 Å². The zero-order chi connectivity index (χ0) is 13.1. The van der Waals surface area contributed by atoms with Gasteiger partial charge in [0.05, 0.1) is 10.5 Å². The zero-order valence-electron chi connectivity index (χ0n) is 10.3. The standard InChI is InChI=1S/C14H14BrN3O/c15-11-8-16-14(17-9-11)18-12-6-7-19-13(12)10-4-2-1-3-5-10/h1-5,8-9,12-13H,6-7H2,(H,16,17,18)/t12-,13-/m1/s1. The average Bonchev–Trinajstić information content (AvgIpc) is 2.90. The van der Waals surface area contributed by atoms with Gasteiger partial charge in [0.25, 0.3) is 0 Å². The fourth-order valence-corrected chi connectivity index (χ4v) is 2.47. The van der Waals surface area contributed by atoms with Gasteiger partial charge in [-0.15, -0.1) is 0 Å². The number of benzene rings is 1. The topological polar surface area (TPSA) is 47.0 Å². The maximum Gasteiger partial charge on any atom is 0.222 e. The second kappa shape index (κ2) is 5.67. The molecule has 2 aromatic rings. The van der Waals surface area contributed by atoms with Crippen LogP contribution in [0.1, 0.15) is 18.1 Å². The van der Waals surface area contributed by atoms with E-state index in [1.807, 2.05) is 18.2 Å². The summed E-state index contributed by atoms with van der Waals surface area (Å²) >= 11 is 3.33. The molecule has 2 heterocycles. The van der Waals surface area contributed by atoms with Crippen molar-refractivity contribution in [1.29, 1.82) is 0 Å². The number of nitrogens with zero attached hydrogens (tertiary/aromatic N) is 2. The highest BCUT2D eigenvalue weighted by molar-refractivity contribution is 9.10. The van der Waals surface area contributed by atoms with Gasteiger partial charge in [0.1, 0.15) is 6.10 Å². The molecule has 4 nitrogen and oxygen atoms in total. The molecule has 0 radical (unpaired) electrons. The maximum absolute atomic E-state index is 5.82. The van der Waals surface area contributed by atoms with Gasteiger partial charge in [0.2, 0.25) is 5.95 Å². The van der Waals surface area contributed by atoms with Gasteiger partial charge < -0.3 is 10.1 Å². The summed E-state index contributed by atoms with van der Waals surface area (Å²) in [4.78, 5) is 8.49. The summed E-state index contributed by atoms with van der Waals surface area (Å²) in [5, 5.41) is 3.35. The number of ether oxygens (including phenoxy) is 1. The summed E-state index contributed by atoms with van der Waals surface area (Å²) in [6.07, 6.45) is 4.50. The summed E-state index contributed by atoms with van der Waals surface area (Å²) in [5.74, 6) is 0.639. The molecule has 0 unspecified atom stereocenters. The molecule has 2 atom stereocenters. The summed E-state index contributed by atoms with van der Waals surface area (Å²) in [6.45, 7) is 0.758. The molecule has 0 spiro atoms. The third-order valence-corrected chi connectivity index (χ3v) is 3.56. The third kappa shape index (κ3) is 2.93. The Hall–Kier alpha value is -1.46. The van der Waals surface area contributed by atoms with Gasteiger partial charge >= 0.3 is 0 Å². The predicted octanol–water partition coefficient (Wildman–Crippen LogP) is 3.18. The molecule has 0 amide bonds. The molecule has 19 heavy (non-hydrogen) atoms. The van der Waals surface area contributed by atoms with E-state index in [4.69, 9.17) is 4.74 Å². The van der Waals surface area contributed by atoms with Gasteiger partial charge in [0, 0.05) is 19.0 Å². The maximum atomic E-state index is 5.82. The van der Waals surface area contributed by atoms with E-state index in [0.717, 1.165) is 17.5 Å². The minimum Gasteiger partial charge on any atom is -0.371 e. The number of aromatic nitrogens is 2. The van der Waals surface area contributed by atoms with Crippen LogP contribution in [0.3, 0.4) is 0 Å². The lowest BCUT2D eigenvalue weighted by Crippen LogP contribution is -2.24. The quantitative estimate of drug-likeness (QED) is 0.943. The Bertz CT molecular complexity index is 532. The first-order valence-electron chi connectivity index (χ1n) is 6.23. The van der Waals surface area contributed by atoms with Crippen LogP contribution >= 0.6 is 15.9 Å². The van der Waals surface area contributed by atoms with Crippen LogP contribution < -0.4 is 5.32 Å². The second-order valence-corrected chi connectivity index (χ2v) is 5.38. The SMILES string of the molecule is Brc1cnc(N[C@@H]2CCO[C@@H]2c2ccccc2)nc1. The molecule has 1 saturated heterocycles. The highest BCUT2D eigenvalue weighted by Gasteiger charge is 2.29. The number of nitrogens with one attached hydrogen (secondary N) is 1. The molecule has 0 aliphatic carbocycles. The van der Waals surface area contributed by atoms with Crippen molar-refractivity contribution in [1.82, 2.24) is 9.97 Å². The smallest absolute Gasteiger partial charge is 0.222 e. The molecule has 1 aromatic carbocycles. The van der Waals surface area contributed by atoms with E-state index >= 15 is 0 Å². The number of halogens is 1. The monoisotopic (exact) mass is 319 g/mol. The Morgan fingerprint density at radius 2 is 1.89 bits per heavy atom. The fraction of sp³-hybridized carbons (Fsp3) is 0.286. The van der Waals surface area contributed by atoms with Crippen LogP contribution in [0.5, 0.6) is 0 Å². The minimum atomic E-state index is 0.0634. The van der Waals surface area contributed by atoms with Crippen LogP contribution in [-0.2, 0) is 4.74 Å². The Kier molecular flexibility index (Phi) is 3.75. The second-order valence-electron chi connectivity index (χ2n) is 4.47. The van der Waals surface area contributed by atoms with Crippen molar-refractivity contribution >= 4 is 21.9 Å². The molecule has 98 valence electrons. The summed E-state index contributed by atoms with van der Waals surface area (Å²) < 4.78 is 6.70. The van der Waals surface area contributed by atoms with Crippen molar-refractivity contribution in [2.45, 2.75) is 18.6 Å². The predicted molar refractivity (Wildman–Crippen MR) is 76.9 cm³/mol. The first-order valence-corrected chi connectivity index (χ1v) is 7.03. The number of hydrogen-bond donors (Lipinski definition) is 1. The van der Waals surface area contributed by atoms with E-state index in [1.165, 1.54) is 5.56 Å². The molecule has 1 N–H and O–H groups in total. The fourth-order valence-electron chi connectivity index (χ4n) is 2.26. The number of hydrogen-bond acceptors (Lipinski definition) is 4. The summed E-state index contributed by atoms with van der Waals surface area (Å²) in [7, 11) is 0. The molecule has 0 bridgehead atoms. The van der Waals surface area contributed by atoms with Crippen LogP contribution in [0.2, 0.25) is 0 Å². The number of anilines is 1. The van der Waals surface area contributed by atoms with E-state index in [1.54, 1.807) is 12.4 Å². The van der Waals surface area contributed by atoms with Crippen LogP contribution in [0.4, 0.5) is 5.95 Å². The van der Waals surface area contributed by atoms with E-state index in [0.29, 0.717) is 5.95 Å². The molecule has 1 fully saturated rings. The Labute approximate surface area is 120 Å². The van der Waals surface area contributed by atoms with Crippen LogP contribution in [0, 0.1) is 0 Å². The molecular weight excluding hydrogens is 306 g/mol. The van der Waals surface area contributed by atoms with Gasteiger partial charge in [-0.2, -0.15) is 0 Å². The first-order chi connectivity index (χ1) is 9.33. The van der Waals surface area contributed by atoms with E-state index in [2.05, 4.69) is 43.3 Å². The average molecular weight is 320 g/mol. The van der Waals surface area contributed by atoms with E-state index in [9.17, 15) is 0 Å². The largest absolute Gasteiger partial charge is 0.371 e. The molecule has 1 aliphatic rings. The Morgan fingerprint density at radius 3 is 2.63 bits per heavy atom. The van der Waals surface area contributed by atoms with Crippen molar-refractivity contribution in [2.24, 2.45) is 0 Å². The highest BCUT2D eigenvalue weighted by atomic mass is 79.9. The van der Waals surface area contributed by atoms with Crippen molar-refractivity contribution in [2.75, 3.05) is 11.9 Å². The molecule has 1 aliphatic heterocycles. The molecule has 5 heteroatoms. The highest BCUT2D eigenvalue weighted by Crippen LogP contribution is 2.30. The minimum absolute atomic E-state index is 0.0634. The normalized spacial score (nSPS) is 22.4. The third-order valence-electron chi connectivity index (χ3n) is 3.15. The lowest BCUT2D eigenvalue weighted by Gasteiger charge is -2.20. The van der Waals surface area contributed by atoms with Crippen molar-refractivity contribution in [3.63, 3.8) is 0 Å². The molecular formula is C14H14BrN3O. The van der Waals surface area contributed by atoms with Crippen LogP contribution in [0.15, 0.2) is 47.2 Å². The Morgan fingerprint density at radius 1 is 1.16 bits per heavy atom. The lowest BCUT2D eigenvalue weighted by molar-refractivity contribution is 0.107. The van der Waals surface area contributed by atoms with E-state index in [-0.39, 0.29) is 12.1 Å². The van der Waals surface area contributed by atoms with Crippen LogP contribution in [0.25, 0.3) is 0 Å². The summed E-state index contributed by atoms with van der Waals surface area (Å²) in [6, 6.07) is 10.5. The molecule has 0 saturated carbocycles. The zero-order valence-corrected chi connectivity index (χ0v) is 11.9. The van der Waals surface area contributed by atoms with E-state index < -0.39 is 0 Å². The summed E-state index contributed by atoms with van der Waals surface area (Å²) in [5.41, 5.74) is 1.19. The lowest BCUT2D eigenvalue weighted by atomic mass is 10.0. The van der Waals surface area contributed by atoms with Gasteiger partial charge in [0.15, 0.2) is 0 Å².